The number of hydrogen-bond acceptors (Lipinski definition) is 2. The molecule has 0 heterocycles. The lowest BCUT2D eigenvalue weighted by atomic mass is 10.2. The van der Waals surface area contributed by atoms with Crippen molar-refractivity contribution in [3.8, 4) is 0 Å². The highest BCUT2D eigenvalue weighted by Crippen LogP contribution is 1.97. The predicted molar refractivity (Wildman–Crippen MR) is 47.5 cm³/mol. The zero-order chi connectivity index (χ0) is 6.95. The second-order valence-electron chi connectivity index (χ2n) is 1.72. The normalized spacial score (nSPS) is 8.56. The molecule has 0 N–H and O–H groups in total. The Morgan fingerprint density at radius 3 is 2.67 bits per heavy atom. The molecule has 0 aromatic rings. The van der Waals surface area contributed by atoms with Gasteiger partial charge in [-0.1, -0.05) is 22.4 Å². The molecule has 0 amide bonds. The molecule has 0 atom stereocenters. The summed E-state index contributed by atoms with van der Waals surface area (Å²) >= 11 is 7.76. The predicted octanol–water partition coefficient (Wildman–Crippen LogP) is 2.65. The molecule has 3 heteroatoms. The van der Waals surface area contributed by atoms with Gasteiger partial charge in [-0.3, -0.25) is 0 Å². The molecule has 0 radical (unpaired) electrons. The van der Waals surface area contributed by atoms with E-state index in [1.807, 2.05) is 0 Å². The first kappa shape index (κ1) is 9.28. The van der Waals surface area contributed by atoms with Crippen LogP contribution in [0.3, 0.4) is 0 Å². The van der Waals surface area contributed by atoms with Crippen LogP contribution in [0.15, 0.2) is 4.99 Å². The summed E-state index contributed by atoms with van der Waals surface area (Å²) in [5.74, 6) is 0. The van der Waals surface area contributed by atoms with Crippen molar-refractivity contribution in [1.29, 1.82) is 0 Å². The van der Waals surface area contributed by atoms with Crippen LogP contribution in [0.5, 0.6) is 0 Å². The molecule has 0 fully saturated rings. The Labute approximate surface area is 69.7 Å². The molecule has 0 aliphatic rings. The molecule has 0 saturated heterocycles. The van der Waals surface area contributed by atoms with Crippen LogP contribution in [-0.2, 0) is 0 Å². The lowest BCUT2D eigenvalue weighted by molar-refractivity contribution is 0.737. The first-order valence-corrected chi connectivity index (χ1v) is 4.54. The van der Waals surface area contributed by atoms with E-state index >= 15 is 0 Å². The third-order valence-corrected chi connectivity index (χ3v) is 1.66. The smallest absolute Gasteiger partial charge is 0.0584 e. The van der Waals surface area contributed by atoms with Crippen molar-refractivity contribution in [1.82, 2.24) is 0 Å². The van der Waals surface area contributed by atoms with Crippen LogP contribution >= 0.6 is 28.1 Å². The van der Waals surface area contributed by atoms with E-state index < -0.39 is 0 Å². The summed E-state index contributed by atoms with van der Waals surface area (Å²) < 4.78 is 0. The molecule has 1 nitrogen and oxygen atoms in total. The van der Waals surface area contributed by atoms with Crippen LogP contribution in [0.25, 0.3) is 0 Å². The van der Waals surface area contributed by atoms with E-state index in [1.165, 1.54) is 12.8 Å². The Balaban J connectivity index is 2.82. The van der Waals surface area contributed by atoms with Gasteiger partial charge in [-0.2, -0.15) is 0 Å². The first-order valence-electron chi connectivity index (χ1n) is 3.01. The summed E-state index contributed by atoms with van der Waals surface area (Å²) in [6.07, 6.45) is 3.59. The van der Waals surface area contributed by atoms with Gasteiger partial charge in [0, 0.05) is 11.9 Å². The van der Waals surface area contributed by atoms with E-state index in [-0.39, 0.29) is 0 Å². The van der Waals surface area contributed by atoms with Gasteiger partial charge < -0.3 is 0 Å². The number of hydrogen-bond donors (Lipinski definition) is 0. The lowest BCUT2D eigenvalue weighted by Crippen LogP contribution is -1.81. The van der Waals surface area contributed by atoms with E-state index in [0.29, 0.717) is 0 Å². The van der Waals surface area contributed by atoms with Gasteiger partial charge in [0.05, 0.1) is 5.16 Å². The summed E-state index contributed by atoms with van der Waals surface area (Å²) in [4.78, 5) is 3.79. The first-order chi connectivity index (χ1) is 4.41. The Morgan fingerprint density at radius 1 is 1.33 bits per heavy atom. The molecule has 0 rings (SSSR count). The molecule has 0 aromatic heterocycles. The van der Waals surface area contributed by atoms with Crippen molar-refractivity contribution in [2.24, 2.45) is 4.99 Å². The van der Waals surface area contributed by atoms with Crippen molar-refractivity contribution in [3.63, 3.8) is 0 Å². The number of halogens is 1. The highest BCUT2D eigenvalue weighted by molar-refractivity contribution is 9.09. The molecular weight excluding hydrogens is 198 g/mol. The molecular formula is C6H10BrNS. The van der Waals surface area contributed by atoms with Gasteiger partial charge in [-0.05, 0) is 25.1 Å². The van der Waals surface area contributed by atoms with Crippen molar-refractivity contribution < 1.29 is 0 Å². The van der Waals surface area contributed by atoms with E-state index in [4.69, 9.17) is 0 Å². The SMILES string of the molecule is S=C=NCCCCCBr. The highest BCUT2D eigenvalue weighted by atomic mass is 79.9. The Bertz CT molecular complexity index is 99.2. The average Bonchev–Trinajstić information content (AvgIpc) is 1.89. The molecule has 0 bridgehead atoms. The fraction of sp³-hybridized carbons (Fsp3) is 0.833. The Hall–Kier alpha value is 0.280. The minimum atomic E-state index is 0.844. The van der Waals surface area contributed by atoms with Gasteiger partial charge in [0.2, 0.25) is 0 Å². The van der Waals surface area contributed by atoms with Crippen LogP contribution in [0, 0.1) is 0 Å². The quantitative estimate of drug-likeness (QED) is 0.293. The van der Waals surface area contributed by atoms with Crippen LogP contribution in [0.2, 0.25) is 0 Å². The minimum Gasteiger partial charge on any atom is -0.233 e. The molecule has 9 heavy (non-hydrogen) atoms. The van der Waals surface area contributed by atoms with E-state index in [9.17, 15) is 0 Å². The molecule has 0 aliphatic carbocycles. The standard InChI is InChI=1S/C6H10BrNS/c7-4-2-1-3-5-8-6-9/h1-5H2. The summed E-state index contributed by atoms with van der Waals surface area (Å²) in [7, 11) is 0. The molecule has 0 saturated carbocycles. The summed E-state index contributed by atoms with van der Waals surface area (Å²) in [6.45, 7) is 0.844. The van der Waals surface area contributed by atoms with Crippen molar-refractivity contribution in [2.45, 2.75) is 19.3 Å². The molecule has 0 aliphatic heterocycles. The average molecular weight is 208 g/mol. The number of aliphatic imine (C=N–C) groups is 1. The van der Waals surface area contributed by atoms with Gasteiger partial charge in [-0.25, -0.2) is 4.99 Å². The van der Waals surface area contributed by atoms with Gasteiger partial charge >= 0.3 is 0 Å². The van der Waals surface area contributed by atoms with E-state index in [1.54, 1.807) is 0 Å². The van der Waals surface area contributed by atoms with Gasteiger partial charge in [0.15, 0.2) is 0 Å². The summed E-state index contributed by atoms with van der Waals surface area (Å²) in [5.41, 5.74) is 0. The molecule has 0 unspecified atom stereocenters. The maximum atomic E-state index is 4.40. The third kappa shape index (κ3) is 8.28. The molecule has 0 aromatic carbocycles. The van der Waals surface area contributed by atoms with Crippen LogP contribution < -0.4 is 0 Å². The zero-order valence-electron chi connectivity index (χ0n) is 5.27. The van der Waals surface area contributed by atoms with Crippen molar-refractivity contribution in [2.75, 3.05) is 11.9 Å². The number of isothiocyanates is 1. The fourth-order valence-electron chi connectivity index (χ4n) is 0.508. The maximum Gasteiger partial charge on any atom is 0.0584 e. The largest absolute Gasteiger partial charge is 0.233 e. The van der Waals surface area contributed by atoms with Crippen LogP contribution in [0.4, 0.5) is 0 Å². The number of rotatable bonds is 5. The minimum absolute atomic E-state index is 0.844. The lowest BCUT2D eigenvalue weighted by Gasteiger charge is -1.90. The van der Waals surface area contributed by atoms with Crippen molar-refractivity contribution >= 4 is 33.3 Å². The van der Waals surface area contributed by atoms with Gasteiger partial charge in [0.25, 0.3) is 0 Å². The summed E-state index contributed by atoms with van der Waals surface area (Å²) in [6, 6.07) is 0. The second-order valence-corrected chi connectivity index (χ2v) is 2.70. The van der Waals surface area contributed by atoms with Crippen molar-refractivity contribution in [3.05, 3.63) is 0 Å². The van der Waals surface area contributed by atoms with Gasteiger partial charge in [-0.15, -0.1) is 0 Å². The zero-order valence-corrected chi connectivity index (χ0v) is 7.67. The Morgan fingerprint density at radius 2 is 2.11 bits per heavy atom. The molecule has 0 spiro atoms. The molecule has 52 valence electrons. The van der Waals surface area contributed by atoms with Crippen LogP contribution in [0.1, 0.15) is 19.3 Å². The monoisotopic (exact) mass is 207 g/mol. The maximum absolute atomic E-state index is 4.40. The van der Waals surface area contributed by atoms with E-state index in [2.05, 4.69) is 38.3 Å². The number of alkyl halides is 1. The Kier molecular flexibility index (Phi) is 8.54. The fourth-order valence-corrected chi connectivity index (χ4v) is 0.996. The highest BCUT2D eigenvalue weighted by Gasteiger charge is 1.83. The number of unbranched alkanes of at least 4 members (excludes halogenated alkanes) is 2. The summed E-state index contributed by atoms with van der Waals surface area (Å²) in [5, 5.41) is 3.43. The topological polar surface area (TPSA) is 12.4 Å². The third-order valence-electron chi connectivity index (χ3n) is 0.968. The second kappa shape index (κ2) is 8.28. The van der Waals surface area contributed by atoms with Crippen LogP contribution in [-0.4, -0.2) is 17.0 Å². The van der Waals surface area contributed by atoms with Gasteiger partial charge in [0.1, 0.15) is 0 Å². The van der Waals surface area contributed by atoms with E-state index in [0.717, 1.165) is 18.3 Å². The number of nitrogens with zero attached hydrogens (tertiary/aromatic N) is 1. The number of thiocarbonyl (C=S) groups is 1.